The lowest BCUT2D eigenvalue weighted by molar-refractivity contribution is -0.152. The number of benzene rings is 1. The van der Waals surface area contributed by atoms with Crippen LogP contribution in [-0.4, -0.2) is 54.1 Å². The molecule has 1 heterocycles. The molecule has 0 radical (unpaired) electrons. The van der Waals surface area contributed by atoms with E-state index in [9.17, 15) is 9.59 Å². The molecule has 26 heavy (non-hydrogen) atoms. The van der Waals surface area contributed by atoms with Crippen molar-refractivity contribution < 1.29 is 14.3 Å². The zero-order valence-corrected chi connectivity index (χ0v) is 16.9. The summed E-state index contributed by atoms with van der Waals surface area (Å²) in [6, 6.07) is 10.2. The predicted octanol–water partition coefficient (Wildman–Crippen LogP) is 2.94. The molecule has 0 aromatic heterocycles. The van der Waals surface area contributed by atoms with Crippen LogP contribution in [0.1, 0.15) is 39.7 Å². The highest BCUT2D eigenvalue weighted by Crippen LogP contribution is 2.32. The Hall–Kier alpha value is -1.88. The Morgan fingerprint density at radius 1 is 1.23 bits per heavy atom. The van der Waals surface area contributed by atoms with Crippen LogP contribution in [0.5, 0.6) is 0 Å². The van der Waals surface area contributed by atoms with Gasteiger partial charge in [0.05, 0.1) is 12.6 Å². The van der Waals surface area contributed by atoms with Crippen LogP contribution in [0.4, 0.5) is 0 Å². The Bertz CT molecular complexity index is 627. The Morgan fingerprint density at radius 3 is 2.42 bits per heavy atom. The molecule has 1 aromatic carbocycles. The molecular formula is C21H32N2O3. The van der Waals surface area contributed by atoms with Gasteiger partial charge in [0.25, 0.3) is 0 Å². The van der Waals surface area contributed by atoms with Gasteiger partial charge < -0.3 is 14.5 Å². The summed E-state index contributed by atoms with van der Waals surface area (Å²) in [6.45, 7) is 8.31. The van der Waals surface area contributed by atoms with Crippen LogP contribution < -0.4 is 0 Å². The van der Waals surface area contributed by atoms with Crippen molar-refractivity contribution in [2.75, 3.05) is 20.7 Å². The van der Waals surface area contributed by atoms with Crippen molar-refractivity contribution in [2.45, 2.75) is 52.3 Å². The number of carbonyl (C=O) groups excluding carboxylic acids is 2. The summed E-state index contributed by atoms with van der Waals surface area (Å²) >= 11 is 0. The maximum Gasteiger partial charge on any atom is 0.228 e. The fourth-order valence-electron chi connectivity index (χ4n) is 3.46. The monoisotopic (exact) mass is 360 g/mol. The van der Waals surface area contributed by atoms with E-state index < -0.39 is 5.72 Å². The maximum atomic E-state index is 13.3. The Kier molecular flexibility index (Phi) is 6.45. The van der Waals surface area contributed by atoms with E-state index >= 15 is 0 Å². The molecule has 1 aliphatic rings. The van der Waals surface area contributed by atoms with Crippen LogP contribution in [0.15, 0.2) is 30.3 Å². The van der Waals surface area contributed by atoms with E-state index in [-0.39, 0.29) is 29.7 Å². The first-order valence-corrected chi connectivity index (χ1v) is 9.34. The summed E-state index contributed by atoms with van der Waals surface area (Å²) in [5.74, 6) is -0.147. The molecule has 0 N–H and O–H groups in total. The molecule has 5 nitrogen and oxygen atoms in total. The molecule has 3 atom stereocenters. The zero-order chi connectivity index (χ0) is 19.5. The van der Waals surface area contributed by atoms with Crippen molar-refractivity contribution in [3.8, 4) is 0 Å². The molecular weight excluding hydrogens is 328 g/mol. The van der Waals surface area contributed by atoms with Gasteiger partial charge in [-0.25, -0.2) is 0 Å². The van der Waals surface area contributed by atoms with Crippen LogP contribution in [0.2, 0.25) is 0 Å². The number of nitrogens with zero attached hydrogens (tertiary/aromatic N) is 2. The second-order valence-corrected chi connectivity index (χ2v) is 8.07. The molecule has 0 aliphatic carbocycles. The fourth-order valence-corrected chi connectivity index (χ4v) is 3.46. The summed E-state index contributed by atoms with van der Waals surface area (Å²) in [6.07, 6.45) is 1.14. The smallest absolute Gasteiger partial charge is 0.228 e. The molecule has 1 aliphatic heterocycles. The number of hydrogen-bond donors (Lipinski definition) is 0. The number of rotatable bonds is 6. The number of hydrogen-bond acceptors (Lipinski definition) is 3. The lowest BCUT2D eigenvalue weighted by Gasteiger charge is -2.37. The molecule has 0 unspecified atom stereocenters. The van der Waals surface area contributed by atoms with Gasteiger partial charge in [0, 0.05) is 26.4 Å². The molecule has 2 rings (SSSR count). The Morgan fingerprint density at radius 2 is 1.85 bits per heavy atom. The molecule has 1 fully saturated rings. The van der Waals surface area contributed by atoms with E-state index in [0.29, 0.717) is 13.0 Å². The summed E-state index contributed by atoms with van der Waals surface area (Å²) in [7, 11) is 3.49. The van der Waals surface area contributed by atoms with Gasteiger partial charge >= 0.3 is 0 Å². The molecule has 0 spiro atoms. The van der Waals surface area contributed by atoms with Crippen molar-refractivity contribution in [1.29, 1.82) is 0 Å². The van der Waals surface area contributed by atoms with Crippen molar-refractivity contribution in [3.05, 3.63) is 35.9 Å². The van der Waals surface area contributed by atoms with Gasteiger partial charge in [-0.3, -0.25) is 9.59 Å². The molecule has 1 saturated heterocycles. The van der Waals surface area contributed by atoms with Crippen LogP contribution in [-0.2, 0) is 20.7 Å². The standard InChI is InChI=1S/C21H32N2O3/c1-15(12-19(24)22(5)6)16(2)20(25)23-18(14-26-21(23,3)4)13-17-10-8-7-9-11-17/h7-11,15-16,18H,12-14H2,1-6H3/t15-,16-,18+/m1/s1. The first-order chi connectivity index (χ1) is 12.1. The molecule has 0 bridgehead atoms. The molecule has 5 heteroatoms. The van der Waals surface area contributed by atoms with E-state index in [1.165, 1.54) is 5.56 Å². The normalized spacial score (nSPS) is 21.3. The highest BCUT2D eigenvalue weighted by atomic mass is 16.5. The quantitative estimate of drug-likeness (QED) is 0.784. The average Bonchev–Trinajstić information content (AvgIpc) is 2.88. The van der Waals surface area contributed by atoms with Gasteiger partial charge in [-0.1, -0.05) is 44.2 Å². The highest BCUT2D eigenvalue weighted by Gasteiger charge is 2.45. The SMILES string of the molecule is C[C@H](CC(=O)N(C)C)[C@@H](C)C(=O)N1[C@@H](Cc2ccccc2)COC1(C)C. The highest BCUT2D eigenvalue weighted by molar-refractivity contribution is 5.82. The second kappa shape index (κ2) is 8.21. The second-order valence-electron chi connectivity index (χ2n) is 8.07. The van der Waals surface area contributed by atoms with Gasteiger partial charge in [0.15, 0.2) is 0 Å². The third-order valence-corrected chi connectivity index (χ3v) is 5.36. The minimum atomic E-state index is -0.629. The van der Waals surface area contributed by atoms with Gasteiger partial charge in [-0.05, 0) is 31.7 Å². The van der Waals surface area contributed by atoms with E-state index in [0.717, 1.165) is 6.42 Å². The summed E-state index contributed by atoms with van der Waals surface area (Å²) in [5, 5.41) is 0. The van der Waals surface area contributed by atoms with Crippen molar-refractivity contribution in [1.82, 2.24) is 9.80 Å². The Labute approximate surface area is 157 Å². The van der Waals surface area contributed by atoms with E-state index in [2.05, 4.69) is 12.1 Å². The minimum absolute atomic E-state index is 0.0131. The number of ether oxygens (including phenoxy) is 1. The maximum absolute atomic E-state index is 13.3. The third-order valence-electron chi connectivity index (χ3n) is 5.36. The van der Waals surface area contributed by atoms with Gasteiger partial charge in [-0.15, -0.1) is 0 Å². The molecule has 144 valence electrons. The van der Waals surface area contributed by atoms with Gasteiger partial charge in [0.1, 0.15) is 5.72 Å². The number of amides is 2. The summed E-state index contributed by atoms with van der Waals surface area (Å²) < 4.78 is 5.94. The zero-order valence-electron chi connectivity index (χ0n) is 16.9. The van der Waals surface area contributed by atoms with Crippen molar-refractivity contribution >= 4 is 11.8 Å². The van der Waals surface area contributed by atoms with E-state index in [4.69, 9.17) is 4.74 Å². The predicted molar refractivity (Wildman–Crippen MR) is 102 cm³/mol. The van der Waals surface area contributed by atoms with E-state index in [1.807, 2.05) is 50.8 Å². The molecule has 1 aromatic rings. The van der Waals surface area contributed by atoms with E-state index in [1.54, 1.807) is 19.0 Å². The largest absolute Gasteiger partial charge is 0.354 e. The van der Waals surface area contributed by atoms with Crippen molar-refractivity contribution in [2.24, 2.45) is 11.8 Å². The van der Waals surface area contributed by atoms with Gasteiger partial charge in [0.2, 0.25) is 11.8 Å². The van der Waals surface area contributed by atoms with Crippen LogP contribution >= 0.6 is 0 Å². The first-order valence-electron chi connectivity index (χ1n) is 9.34. The first kappa shape index (κ1) is 20.4. The topological polar surface area (TPSA) is 49.9 Å². The molecule has 0 saturated carbocycles. The lowest BCUT2D eigenvalue weighted by atomic mass is 9.90. The summed E-state index contributed by atoms with van der Waals surface area (Å²) in [5.41, 5.74) is 0.566. The van der Waals surface area contributed by atoms with Crippen LogP contribution in [0, 0.1) is 11.8 Å². The third kappa shape index (κ3) is 4.64. The lowest BCUT2D eigenvalue weighted by Crippen LogP contribution is -2.51. The number of carbonyl (C=O) groups is 2. The Balaban J connectivity index is 2.13. The minimum Gasteiger partial charge on any atom is -0.354 e. The van der Waals surface area contributed by atoms with Crippen molar-refractivity contribution in [3.63, 3.8) is 0 Å². The average molecular weight is 360 g/mol. The van der Waals surface area contributed by atoms with Crippen LogP contribution in [0.25, 0.3) is 0 Å². The van der Waals surface area contributed by atoms with Crippen LogP contribution in [0.3, 0.4) is 0 Å². The molecule has 2 amide bonds. The van der Waals surface area contributed by atoms with Gasteiger partial charge in [-0.2, -0.15) is 0 Å². The summed E-state index contributed by atoms with van der Waals surface area (Å²) in [4.78, 5) is 28.8. The fraction of sp³-hybridized carbons (Fsp3) is 0.619.